The van der Waals surface area contributed by atoms with Crippen LogP contribution in [0.3, 0.4) is 0 Å². The lowest BCUT2D eigenvalue weighted by Gasteiger charge is -2.25. The number of carbonyl (C=O) groups excluding carboxylic acids is 3. The Hall–Kier alpha value is -3.17. The maximum Gasteiger partial charge on any atom is 0.326 e. The van der Waals surface area contributed by atoms with Gasteiger partial charge < -0.3 is 42.6 Å². The van der Waals surface area contributed by atoms with Gasteiger partial charge in [0, 0.05) is 18.3 Å². The third-order valence-electron chi connectivity index (χ3n) is 5.15. The second-order valence-corrected chi connectivity index (χ2v) is 9.06. The van der Waals surface area contributed by atoms with Crippen LogP contribution in [0.25, 0.3) is 0 Å². The van der Waals surface area contributed by atoms with E-state index in [1.54, 1.807) is 0 Å². The van der Waals surface area contributed by atoms with E-state index >= 15 is 0 Å². The SMILES string of the molecule is CSCCC(NC(=O)C(N)CC(=O)O)C(=O)NC(CCCCN)C(=O)NC(Cc1cnc[nH]1)C(=O)O. The van der Waals surface area contributed by atoms with Crippen LogP contribution in [0.5, 0.6) is 0 Å². The predicted molar refractivity (Wildman–Crippen MR) is 132 cm³/mol. The van der Waals surface area contributed by atoms with Crippen LogP contribution in [-0.2, 0) is 30.4 Å². The summed E-state index contributed by atoms with van der Waals surface area (Å²) in [4.78, 5) is 67.5. The number of H-pyrrole nitrogens is 1. The molecule has 0 aromatic carbocycles. The number of aromatic nitrogens is 2. The average molecular weight is 530 g/mol. The van der Waals surface area contributed by atoms with Crippen molar-refractivity contribution in [2.24, 2.45) is 11.5 Å². The van der Waals surface area contributed by atoms with Gasteiger partial charge in [0.1, 0.15) is 18.1 Å². The molecule has 1 rings (SSSR count). The van der Waals surface area contributed by atoms with Crippen LogP contribution in [0, 0.1) is 0 Å². The maximum atomic E-state index is 13.0. The summed E-state index contributed by atoms with van der Waals surface area (Å²) in [6.07, 6.45) is 5.43. The molecule has 1 aromatic heterocycles. The summed E-state index contributed by atoms with van der Waals surface area (Å²) in [5, 5.41) is 25.9. The molecule has 0 saturated carbocycles. The quantitative estimate of drug-likeness (QED) is 0.0983. The van der Waals surface area contributed by atoms with Crippen LogP contribution >= 0.6 is 11.8 Å². The van der Waals surface area contributed by atoms with E-state index < -0.39 is 60.2 Å². The number of imidazole rings is 1. The number of aromatic amines is 1. The lowest BCUT2D eigenvalue weighted by molar-refractivity contribution is -0.142. The minimum Gasteiger partial charge on any atom is -0.481 e. The van der Waals surface area contributed by atoms with E-state index in [1.807, 2.05) is 6.26 Å². The third-order valence-corrected chi connectivity index (χ3v) is 5.79. The Morgan fingerprint density at radius 2 is 1.61 bits per heavy atom. The molecule has 0 fully saturated rings. The van der Waals surface area contributed by atoms with E-state index in [-0.39, 0.29) is 19.3 Å². The number of nitrogens with two attached hydrogens (primary N) is 2. The van der Waals surface area contributed by atoms with Crippen LogP contribution < -0.4 is 27.4 Å². The molecule has 4 unspecified atom stereocenters. The molecule has 4 atom stereocenters. The van der Waals surface area contributed by atoms with Crippen molar-refractivity contribution in [3.05, 3.63) is 18.2 Å². The highest BCUT2D eigenvalue weighted by atomic mass is 32.2. The molecular formula is C21H35N7O7S. The maximum absolute atomic E-state index is 13.0. The van der Waals surface area contributed by atoms with Crippen molar-refractivity contribution >= 4 is 41.4 Å². The largest absolute Gasteiger partial charge is 0.481 e. The zero-order valence-electron chi connectivity index (χ0n) is 20.1. The summed E-state index contributed by atoms with van der Waals surface area (Å²) in [6.45, 7) is 0.369. The van der Waals surface area contributed by atoms with E-state index in [4.69, 9.17) is 16.6 Å². The number of carboxylic acid groups (broad SMARTS) is 2. The standard InChI is InChI=1S/C21H35N7O7S/c1-36-7-5-15(26-18(31)13(23)9-17(29)30)20(33)27-14(4-2-3-6-22)19(32)28-16(21(34)35)8-12-10-24-11-25-12/h10-11,13-16H,2-9,22-23H2,1H3,(H,24,25)(H,26,31)(H,27,33)(H,28,32)(H,29,30)(H,34,35). The van der Waals surface area contributed by atoms with Gasteiger partial charge in [-0.1, -0.05) is 0 Å². The number of carbonyl (C=O) groups is 5. The first-order valence-electron chi connectivity index (χ1n) is 11.4. The Labute approximate surface area is 212 Å². The molecule has 202 valence electrons. The number of rotatable bonds is 18. The van der Waals surface area contributed by atoms with Gasteiger partial charge in [0.15, 0.2) is 0 Å². The zero-order chi connectivity index (χ0) is 27.1. The van der Waals surface area contributed by atoms with Crippen LogP contribution in [0.2, 0.25) is 0 Å². The minimum atomic E-state index is -1.35. The molecule has 36 heavy (non-hydrogen) atoms. The molecule has 0 bridgehead atoms. The predicted octanol–water partition coefficient (Wildman–Crippen LogP) is -1.82. The number of nitrogens with one attached hydrogen (secondary N) is 4. The van der Waals surface area contributed by atoms with Gasteiger partial charge in [0.25, 0.3) is 0 Å². The first-order chi connectivity index (χ1) is 17.1. The number of carboxylic acids is 2. The van der Waals surface area contributed by atoms with Gasteiger partial charge in [-0.3, -0.25) is 19.2 Å². The van der Waals surface area contributed by atoms with Gasteiger partial charge in [0.05, 0.1) is 18.8 Å². The lowest BCUT2D eigenvalue weighted by atomic mass is 10.1. The molecule has 0 radical (unpaired) electrons. The zero-order valence-corrected chi connectivity index (χ0v) is 20.9. The van der Waals surface area contributed by atoms with Crippen molar-refractivity contribution in [2.75, 3.05) is 18.6 Å². The Balaban J connectivity index is 2.96. The van der Waals surface area contributed by atoms with Crippen molar-refractivity contribution in [2.45, 2.75) is 62.7 Å². The molecule has 0 saturated heterocycles. The Bertz CT molecular complexity index is 869. The van der Waals surface area contributed by atoms with E-state index in [0.717, 1.165) is 0 Å². The molecule has 0 aliphatic heterocycles. The minimum absolute atomic E-state index is 0.0432. The third kappa shape index (κ3) is 11.5. The van der Waals surface area contributed by atoms with Crippen molar-refractivity contribution in [1.29, 1.82) is 0 Å². The molecule has 1 heterocycles. The molecule has 0 aliphatic rings. The van der Waals surface area contributed by atoms with Crippen molar-refractivity contribution < 1.29 is 34.2 Å². The first kappa shape index (κ1) is 30.9. The second-order valence-electron chi connectivity index (χ2n) is 8.07. The summed E-state index contributed by atoms with van der Waals surface area (Å²) < 4.78 is 0. The summed E-state index contributed by atoms with van der Waals surface area (Å²) in [7, 11) is 0. The van der Waals surface area contributed by atoms with E-state index in [9.17, 15) is 29.1 Å². The van der Waals surface area contributed by atoms with E-state index in [1.165, 1.54) is 24.3 Å². The number of unbranched alkanes of at least 4 members (excludes halogenated alkanes) is 1. The lowest BCUT2D eigenvalue weighted by Crippen LogP contribution is -2.57. The van der Waals surface area contributed by atoms with E-state index in [0.29, 0.717) is 30.8 Å². The Morgan fingerprint density at radius 1 is 1.00 bits per heavy atom. The van der Waals surface area contributed by atoms with Crippen LogP contribution in [0.1, 0.15) is 37.8 Å². The van der Waals surface area contributed by atoms with Crippen molar-refractivity contribution in [3.63, 3.8) is 0 Å². The summed E-state index contributed by atoms with van der Waals surface area (Å²) >= 11 is 1.43. The number of amides is 3. The first-order valence-corrected chi connectivity index (χ1v) is 12.8. The highest BCUT2D eigenvalue weighted by Crippen LogP contribution is 2.07. The molecule has 14 nitrogen and oxygen atoms in total. The monoisotopic (exact) mass is 529 g/mol. The van der Waals surface area contributed by atoms with Crippen LogP contribution in [0.15, 0.2) is 12.5 Å². The second kappa shape index (κ2) is 16.5. The molecular weight excluding hydrogens is 494 g/mol. The molecule has 1 aromatic rings. The van der Waals surface area contributed by atoms with Gasteiger partial charge in [-0.25, -0.2) is 9.78 Å². The average Bonchev–Trinajstić information content (AvgIpc) is 3.33. The fraction of sp³-hybridized carbons (Fsp3) is 0.619. The smallest absolute Gasteiger partial charge is 0.326 e. The van der Waals surface area contributed by atoms with Gasteiger partial charge in [-0.05, 0) is 44.2 Å². The van der Waals surface area contributed by atoms with Gasteiger partial charge >= 0.3 is 11.9 Å². The van der Waals surface area contributed by atoms with Crippen LogP contribution in [0.4, 0.5) is 0 Å². The summed E-state index contributed by atoms with van der Waals surface area (Å²) in [5.74, 6) is -4.22. The topological polar surface area (TPSA) is 243 Å². The van der Waals surface area contributed by atoms with Gasteiger partial charge in [-0.2, -0.15) is 11.8 Å². The van der Waals surface area contributed by atoms with Gasteiger partial charge in [-0.15, -0.1) is 0 Å². The molecule has 0 spiro atoms. The molecule has 15 heteroatoms. The fourth-order valence-corrected chi connectivity index (χ4v) is 3.66. The molecule has 10 N–H and O–H groups in total. The number of thioether (sulfide) groups is 1. The summed E-state index contributed by atoms with van der Waals surface area (Å²) in [5.41, 5.74) is 11.6. The van der Waals surface area contributed by atoms with Crippen molar-refractivity contribution in [3.8, 4) is 0 Å². The number of nitrogens with zero attached hydrogens (tertiary/aromatic N) is 1. The van der Waals surface area contributed by atoms with Crippen LogP contribution in [-0.4, -0.2) is 92.6 Å². The Morgan fingerprint density at radius 3 is 2.14 bits per heavy atom. The molecule has 3 amide bonds. The number of aliphatic carboxylic acids is 2. The fourth-order valence-electron chi connectivity index (χ4n) is 3.19. The van der Waals surface area contributed by atoms with Crippen molar-refractivity contribution in [1.82, 2.24) is 25.9 Å². The normalized spacial score (nSPS) is 14.2. The number of hydrogen-bond donors (Lipinski definition) is 8. The highest BCUT2D eigenvalue weighted by molar-refractivity contribution is 7.98. The van der Waals surface area contributed by atoms with E-state index in [2.05, 4.69) is 25.9 Å². The van der Waals surface area contributed by atoms with Gasteiger partial charge in [0.2, 0.25) is 17.7 Å². The Kier molecular flexibility index (Phi) is 14.1. The highest BCUT2D eigenvalue weighted by Gasteiger charge is 2.30. The number of hydrogen-bond acceptors (Lipinski definition) is 9. The summed E-state index contributed by atoms with van der Waals surface area (Å²) in [6, 6.07) is -4.79. The molecule has 0 aliphatic carbocycles.